The third-order valence-electron chi connectivity index (χ3n) is 3.34. The van der Waals surface area contributed by atoms with Crippen LogP contribution in [0.4, 0.5) is 0 Å². The largest absolute Gasteiger partial charge is 0.0918 e. The van der Waals surface area contributed by atoms with Crippen molar-refractivity contribution >= 4 is 47.8 Å². The number of rotatable bonds is 5. The predicted octanol–water partition coefficient (Wildman–Crippen LogP) is 5.72. The minimum atomic E-state index is 0.0570. The van der Waals surface area contributed by atoms with Crippen molar-refractivity contribution in [1.29, 1.82) is 0 Å². The minimum Gasteiger partial charge on any atom is -0.0918 e. The molecule has 100 valence electrons. The van der Waals surface area contributed by atoms with Crippen LogP contribution in [0.2, 0.25) is 0 Å². The molecule has 0 atom stereocenters. The topological polar surface area (TPSA) is 0 Å². The van der Waals surface area contributed by atoms with Gasteiger partial charge in [0.25, 0.3) is 0 Å². The lowest BCUT2D eigenvalue weighted by Gasteiger charge is -2.32. The highest BCUT2D eigenvalue weighted by atomic mass is 79.9. The highest BCUT2D eigenvalue weighted by molar-refractivity contribution is 9.10. The standard InChI is InChI=1S/C16H15Br3/c17-11-16(12-18,10-13-6-2-1-3-7-13)14-8-4-5-9-15(14)19/h1-9H,10-12H2. The van der Waals surface area contributed by atoms with E-state index in [1.54, 1.807) is 0 Å². The summed E-state index contributed by atoms with van der Waals surface area (Å²) >= 11 is 11.1. The van der Waals surface area contributed by atoms with Gasteiger partial charge in [-0.25, -0.2) is 0 Å². The second-order valence-corrected chi connectivity index (χ2v) is 6.67. The zero-order chi connectivity index (χ0) is 13.7. The van der Waals surface area contributed by atoms with Gasteiger partial charge >= 0.3 is 0 Å². The van der Waals surface area contributed by atoms with Gasteiger partial charge in [0, 0.05) is 20.5 Å². The van der Waals surface area contributed by atoms with Gasteiger partial charge in [-0.15, -0.1) is 0 Å². The Morgan fingerprint density at radius 3 is 1.95 bits per heavy atom. The van der Waals surface area contributed by atoms with Crippen molar-refractivity contribution in [2.24, 2.45) is 0 Å². The molecule has 0 aliphatic rings. The molecule has 0 saturated carbocycles. The lowest BCUT2D eigenvalue weighted by Crippen LogP contribution is -2.33. The quantitative estimate of drug-likeness (QED) is 0.515. The molecule has 0 aromatic heterocycles. The first kappa shape index (κ1) is 15.3. The SMILES string of the molecule is BrCC(CBr)(Cc1ccccc1)c1ccccc1Br. The summed E-state index contributed by atoms with van der Waals surface area (Å²) in [4.78, 5) is 0. The van der Waals surface area contributed by atoms with Crippen molar-refractivity contribution in [3.05, 3.63) is 70.2 Å². The van der Waals surface area contributed by atoms with Crippen LogP contribution in [0, 0.1) is 0 Å². The van der Waals surface area contributed by atoms with Crippen LogP contribution in [0.15, 0.2) is 59.1 Å². The van der Waals surface area contributed by atoms with E-state index >= 15 is 0 Å². The Bertz CT molecular complexity index is 519. The van der Waals surface area contributed by atoms with E-state index in [0.717, 1.165) is 17.1 Å². The summed E-state index contributed by atoms with van der Waals surface area (Å²) in [5, 5.41) is 1.84. The van der Waals surface area contributed by atoms with Gasteiger partial charge in [0.1, 0.15) is 0 Å². The molecule has 0 unspecified atom stereocenters. The Balaban J connectivity index is 2.41. The van der Waals surface area contributed by atoms with E-state index in [4.69, 9.17) is 0 Å². The Labute approximate surface area is 140 Å². The highest BCUT2D eigenvalue weighted by Gasteiger charge is 2.32. The molecular weight excluding hydrogens is 432 g/mol. The van der Waals surface area contributed by atoms with Gasteiger partial charge in [-0.2, -0.15) is 0 Å². The van der Waals surface area contributed by atoms with Crippen LogP contribution in [0.25, 0.3) is 0 Å². The summed E-state index contributed by atoms with van der Waals surface area (Å²) in [6.45, 7) is 0. The third-order valence-corrected chi connectivity index (χ3v) is 6.18. The van der Waals surface area contributed by atoms with Crippen LogP contribution in [-0.2, 0) is 11.8 Å². The highest BCUT2D eigenvalue weighted by Crippen LogP contribution is 2.36. The van der Waals surface area contributed by atoms with E-state index < -0.39 is 0 Å². The van der Waals surface area contributed by atoms with Crippen molar-refractivity contribution in [2.75, 3.05) is 10.7 Å². The normalized spacial score (nSPS) is 11.5. The monoisotopic (exact) mass is 444 g/mol. The number of hydrogen-bond donors (Lipinski definition) is 0. The maximum atomic E-state index is 3.71. The van der Waals surface area contributed by atoms with Gasteiger partial charge in [0.15, 0.2) is 0 Å². The number of halogens is 3. The van der Waals surface area contributed by atoms with E-state index in [1.807, 2.05) is 0 Å². The Kier molecular flexibility index (Phi) is 5.67. The zero-order valence-electron chi connectivity index (χ0n) is 10.5. The Morgan fingerprint density at radius 1 is 0.789 bits per heavy atom. The molecule has 2 aromatic rings. The van der Waals surface area contributed by atoms with E-state index in [2.05, 4.69) is 102 Å². The lowest BCUT2D eigenvalue weighted by atomic mass is 9.79. The van der Waals surface area contributed by atoms with Gasteiger partial charge in [-0.05, 0) is 23.6 Å². The van der Waals surface area contributed by atoms with Crippen LogP contribution in [0.1, 0.15) is 11.1 Å². The summed E-state index contributed by atoms with van der Waals surface area (Å²) in [6, 6.07) is 19.1. The van der Waals surface area contributed by atoms with E-state index in [0.29, 0.717) is 0 Å². The predicted molar refractivity (Wildman–Crippen MR) is 93.6 cm³/mol. The molecule has 0 aliphatic heterocycles. The number of benzene rings is 2. The molecule has 0 fully saturated rings. The first-order valence-corrected chi connectivity index (χ1v) is 9.16. The molecule has 0 spiro atoms. The fourth-order valence-electron chi connectivity index (χ4n) is 2.25. The zero-order valence-corrected chi connectivity index (χ0v) is 15.2. The molecular formula is C16H15Br3. The molecule has 0 N–H and O–H groups in total. The van der Waals surface area contributed by atoms with Crippen molar-refractivity contribution in [3.63, 3.8) is 0 Å². The maximum absolute atomic E-state index is 3.71. The molecule has 0 nitrogen and oxygen atoms in total. The van der Waals surface area contributed by atoms with Crippen molar-refractivity contribution in [3.8, 4) is 0 Å². The Hall–Kier alpha value is -0.120. The lowest BCUT2D eigenvalue weighted by molar-refractivity contribution is 0.548. The Morgan fingerprint density at radius 2 is 1.37 bits per heavy atom. The molecule has 0 aliphatic carbocycles. The minimum absolute atomic E-state index is 0.0570. The molecule has 19 heavy (non-hydrogen) atoms. The van der Waals surface area contributed by atoms with E-state index in [-0.39, 0.29) is 5.41 Å². The molecule has 2 rings (SSSR count). The van der Waals surface area contributed by atoms with E-state index in [1.165, 1.54) is 15.6 Å². The molecule has 2 aromatic carbocycles. The summed E-state index contributed by atoms with van der Waals surface area (Å²) in [5.74, 6) is 0. The summed E-state index contributed by atoms with van der Waals surface area (Å²) in [5.41, 5.74) is 2.76. The molecule has 0 saturated heterocycles. The van der Waals surface area contributed by atoms with Crippen LogP contribution in [0.5, 0.6) is 0 Å². The molecule has 0 radical (unpaired) electrons. The molecule has 0 amide bonds. The maximum Gasteiger partial charge on any atom is 0.0213 e. The fourth-order valence-corrected chi connectivity index (χ4v) is 4.88. The van der Waals surface area contributed by atoms with Crippen molar-refractivity contribution in [1.82, 2.24) is 0 Å². The van der Waals surface area contributed by atoms with E-state index in [9.17, 15) is 0 Å². The van der Waals surface area contributed by atoms with Crippen molar-refractivity contribution in [2.45, 2.75) is 11.8 Å². The average molecular weight is 447 g/mol. The van der Waals surface area contributed by atoms with Crippen LogP contribution in [-0.4, -0.2) is 10.7 Å². The van der Waals surface area contributed by atoms with Crippen LogP contribution in [0.3, 0.4) is 0 Å². The first-order valence-electron chi connectivity index (χ1n) is 6.13. The summed E-state index contributed by atoms with van der Waals surface area (Å²) < 4.78 is 1.17. The summed E-state index contributed by atoms with van der Waals surface area (Å²) in [6.07, 6.45) is 1.01. The molecule has 0 heterocycles. The fraction of sp³-hybridized carbons (Fsp3) is 0.250. The smallest absolute Gasteiger partial charge is 0.0213 e. The van der Waals surface area contributed by atoms with Gasteiger partial charge in [-0.3, -0.25) is 0 Å². The first-order chi connectivity index (χ1) is 9.22. The van der Waals surface area contributed by atoms with Crippen LogP contribution < -0.4 is 0 Å². The summed E-state index contributed by atoms with van der Waals surface area (Å²) in [7, 11) is 0. The second-order valence-electron chi connectivity index (χ2n) is 4.69. The third kappa shape index (κ3) is 3.50. The second kappa shape index (κ2) is 7.05. The molecule has 3 heteroatoms. The number of hydrogen-bond acceptors (Lipinski definition) is 0. The van der Waals surface area contributed by atoms with Gasteiger partial charge < -0.3 is 0 Å². The van der Waals surface area contributed by atoms with Crippen LogP contribution >= 0.6 is 47.8 Å². The van der Waals surface area contributed by atoms with Crippen molar-refractivity contribution < 1.29 is 0 Å². The van der Waals surface area contributed by atoms with Gasteiger partial charge in [-0.1, -0.05) is 96.3 Å². The average Bonchev–Trinajstić information content (AvgIpc) is 2.47. The number of alkyl halides is 2. The van der Waals surface area contributed by atoms with Gasteiger partial charge in [0.05, 0.1) is 0 Å². The molecule has 0 bridgehead atoms. The van der Waals surface area contributed by atoms with Gasteiger partial charge in [0.2, 0.25) is 0 Å².